The summed E-state index contributed by atoms with van der Waals surface area (Å²) in [4.78, 5) is 20.0. The summed E-state index contributed by atoms with van der Waals surface area (Å²) in [6.07, 6.45) is 1.92. The number of hydrogen-bond donors (Lipinski definition) is 0. The lowest BCUT2D eigenvalue weighted by Gasteiger charge is -2.32. The first kappa shape index (κ1) is 29.9. The molecule has 4 heterocycles. The molecule has 48 heavy (non-hydrogen) atoms. The van der Waals surface area contributed by atoms with Gasteiger partial charge in [0.15, 0.2) is 28.9 Å². The Balaban J connectivity index is 1.32. The molecule has 0 unspecified atom stereocenters. The first-order valence-corrected chi connectivity index (χ1v) is 16.0. The third kappa shape index (κ3) is 5.47. The van der Waals surface area contributed by atoms with E-state index in [2.05, 4.69) is 45.9 Å². The van der Waals surface area contributed by atoms with Crippen LogP contribution in [-0.4, -0.2) is 47.9 Å². The largest absolute Gasteiger partial charge is 0.494 e. The van der Waals surface area contributed by atoms with Crippen molar-refractivity contribution < 1.29 is 9.31 Å². The van der Waals surface area contributed by atoms with Crippen molar-refractivity contribution in [1.82, 2.24) is 29.5 Å². The Morgan fingerprint density at radius 1 is 0.500 bits per heavy atom. The van der Waals surface area contributed by atoms with Crippen molar-refractivity contribution in [3.63, 3.8) is 0 Å². The highest BCUT2D eigenvalue weighted by atomic mass is 16.7. The number of nitrogens with zero attached hydrogens (tertiary/aromatic N) is 6. The van der Waals surface area contributed by atoms with Crippen LogP contribution in [-0.2, 0) is 9.31 Å². The summed E-state index contributed by atoms with van der Waals surface area (Å²) < 4.78 is 14.9. The van der Waals surface area contributed by atoms with Gasteiger partial charge in [0.05, 0.1) is 11.2 Å². The van der Waals surface area contributed by atoms with Gasteiger partial charge in [-0.25, -0.2) is 24.5 Å². The third-order valence-corrected chi connectivity index (χ3v) is 9.14. The molecule has 8 rings (SSSR count). The molecule has 234 valence electrons. The molecule has 1 aliphatic heterocycles. The van der Waals surface area contributed by atoms with E-state index in [1.54, 1.807) is 0 Å². The van der Waals surface area contributed by atoms with Crippen molar-refractivity contribution in [2.75, 3.05) is 0 Å². The highest BCUT2D eigenvalue weighted by molar-refractivity contribution is 6.62. The van der Waals surface area contributed by atoms with Crippen LogP contribution in [0.15, 0.2) is 128 Å². The van der Waals surface area contributed by atoms with E-state index in [4.69, 9.17) is 34.3 Å². The van der Waals surface area contributed by atoms with E-state index in [0.717, 1.165) is 44.5 Å². The number of benzene rings is 4. The lowest BCUT2D eigenvalue weighted by molar-refractivity contribution is 0.00578. The molecule has 9 heteroatoms. The summed E-state index contributed by atoms with van der Waals surface area (Å²) in [5, 5.41) is 4.93. The van der Waals surface area contributed by atoms with Crippen molar-refractivity contribution in [1.29, 1.82) is 0 Å². The monoisotopic (exact) mass is 628 g/mol. The second-order valence-electron chi connectivity index (χ2n) is 13.0. The van der Waals surface area contributed by atoms with Gasteiger partial charge in [-0.1, -0.05) is 103 Å². The normalized spacial score (nSPS) is 15.2. The van der Waals surface area contributed by atoms with Gasteiger partial charge in [-0.2, -0.15) is 0 Å². The number of aromatic nitrogens is 6. The van der Waals surface area contributed by atoms with Gasteiger partial charge in [-0.05, 0) is 56.9 Å². The predicted molar refractivity (Wildman–Crippen MR) is 189 cm³/mol. The molecule has 0 N–H and O–H groups in total. The standard InChI is InChI=1S/C39H33BN6O2/c1-38(2)39(3,4)48-40(47-38)31-24-29(35-42-33(27-17-10-6-11-18-27)41-34(43-35)28-19-12-7-13-20-28)23-30(25-31)36-44-37-32(21-14-22-46(37)45-36)26-15-8-5-9-16-26/h5-25H,1-4H3. The van der Waals surface area contributed by atoms with E-state index < -0.39 is 18.3 Å². The van der Waals surface area contributed by atoms with Gasteiger partial charge in [0, 0.05) is 34.0 Å². The molecule has 0 radical (unpaired) electrons. The molecule has 0 saturated carbocycles. The van der Waals surface area contributed by atoms with Gasteiger partial charge < -0.3 is 9.31 Å². The Morgan fingerprint density at radius 2 is 0.979 bits per heavy atom. The lowest BCUT2D eigenvalue weighted by atomic mass is 9.77. The van der Waals surface area contributed by atoms with E-state index in [-0.39, 0.29) is 0 Å². The first-order valence-electron chi connectivity index (χ1n) is 16.0. The van der Waals surface area contributed by atoms with Gasteiger partial charge in [-0.3, -0.25) is 0 Å². The van der Waals surface area contributed by atoms with Gasteiger partial charge >= 0.3 is 7.12 Å². The van der Waals surface area contributed by atoms with Crippen LogP contribution < -0.4 is 5.46 Å². The topological polar surface area (TPSA) is 87.3 Å². The fourth-order valence-electron chi connectivity index (χ4n) is 5.83. The average Bonchev–Trinajstić information content (AvgIpc) is 3.66. The number of hydrogen-bond acceptors (Lipinski definition) is 7. The summed E-state index contributed by atoms with van der Waals surface area (Å²) in [5.41, 5.74) is 5.98. The number of pyridine rings is 1. The Morgan fingerprint density at radius 3 is 1.52 bits per heavy atom. The number of rotatable bonds is 6. The average molecular weight is 629 g/mol. The highest BCUT2D eigenvalue weighted by Crippen LogP contribution is 2.37. The van der Waals surface area contributed by atoms with Crippen molar-refractivity contribution in [3.8, 4) is 56.7 Å². The maximum absolute atomic E-state index is 6.53. The summed E-state index contributed by atoms with van der Waals surface area (Å²) >= 11 is 0. The molecule has 0 aliphatic carbocycles. The Hall–Kier alpha value is -5.51. The maximum atomic E-state index is 6.53. The van der Waals surface area contributed by atoms with E-state index in [0.29, 0.717) is 23.3 Å². The van der Waals surface area contributed by atoms with E-state index in [1.807, 2.05) is 114 Å². The summed E-state index contributed by atoms with van der Waals surface area (Å²) in [7, 11) is -0.616. The van der Waals surface area contributed by atoms with Gasteiger partial charge in [-0.15, -0.1) is 5.10 Å². The molecule has 3 aromatic heterocycles. The van der Waals surface area contributed by atoms with Crippen molar-refractivity contribution >= 4 is 18.2 Å². The maximum Gasteiger partial charge on any atom is 0.494 e. The zero-order valence-electron chi connectivity index (χ0n) is 27.2. The molecule has 7 aromatic rings. The predicted octanol–water partition coefficient (Wildman–Crippen LogP) is 7.55. The highest BCUT2D eigenvalue weighted by Gasteiger charge is 2.51. The molecule has 4 aromatic carbocycles. The second kappa shape index (κ2) is 11.6. The molecule has 8 nitrogen and oxygen atoms in total. The van der Waals surface area contributed by atoms with Crippen molar-refractivity contribution in [2.45, 2.75) is 38.9 Å². The van der Waals surface area contributed by atoms with Crippen molar-refractivity contribution in [3.05, 3.63) is 128 Å². The SMILES string of the molecule is CC1(C)OB(c2cc(-c3nc(-c4ccccc4)nc(-c4ccccc4)n3)cc(-c3nc4c(-c5ccccc5)cccn4n3)c2)OC1(C)C. The number of fused-ring (bicyclic) bond motifs is 1. The molecule has 0 spiro atoms. The van der Waals surface area contributed by atoms with E-state index in [9.17, 15) is 0 Å². The Kier molecular flexibility index (Phi) is 7.24. The summed E-state index contributed by atoms with van der Waals surface area (Å²) in [5.74, 6) is 2.26. The van der Waals surface area contributed by atoms with Gasteiger partial charge in [0.25, 0.3) is 0 Å². The van der Waals surface area contributed by atoms with Crippen molar-refractivity contribution in [2.24, 2.45) is 0 Å². The Bertz CT molecular complexity index is 2180. The fraction of sp³-hybridized carbons (Fsp3) is 0.154. The van der Waals surface area contributed by atoms with Crippen LogP contribution in [0.2, 0.25) is 0 Å². The lowest BCUT2D eigenvalue weighted by Crippen LogP contribution is -2.41. The molecule has 0 amide bonds. The minimum absolute atomic E-state index is 0.520. The summed E-state index contributed by atoms with van der Waals surface area (Å²) in [6.45, 7) is 8.21. The molecule has 1 saturated heterocycles. The van der Waals surface area contributed by atoms with Crippen LogP contribution in [0, 0.1) is 0 Å². The van der Waals surface area contributed by atoms with Crippen LogP contribution in [0.5, 0.6) is 0 Å². The van der Waals surface area contributed by atoms with Crippen LogP contribution in [0.1, 0.15) is 27.7 Å². The van der Waals surface area contributed by atoms with Crippen LogP contribution in [0.3, 0.4) is 0 Å². The van der Waals surface area contributed by atoms with Gasteiger partial charge in [0.2, 0.25) is 0 Å². The van der Waals surface area contributed by atoms with Crippen LogP contribution in [0.25, 0.3) is 62.3 Å². The fourth-order valence-corrected chi connectivity index (χ4v) is 5.83. The molecular weight excluding hydrogens is 595 g/mol. The molecular formula is C39H33BN6O2. The molecule has 1 fully saturated rings. The zero-order valence-corrected chi connectivity index (χ0v) is 27.2. The Labute approximate surface area is 279 Å². The quantitative estimate of drug-likeness (QED) is 0.176. The molecule has 0 atom stereocenters. The third-order valence-electron chi connectivity index (χ3n) is 9.14. The minimum atomic E-state index is -0.616. The zero-order chi connectivity index (χ0) is 32.9. The van der Waals surface area contributed by atoms with E-state index in [1.165, 1.54) is 0 Å². The van der Waals surface area contributed by atoms with E-state index >= 15 is 0 Å². The van der Waals surface area contributed by atoms with Crippen LogP contribution in [0.4, 0.5) is 0 Å². The molecule has 1 aliphatic rings. The summed E-state index contributed by atoms with van der Waals surface area (Å²) in [6, 6.07) is 40.3. The molecule has 0 bridgehead atoms. The first-order chi connectivity index (χ1) is 23.2. The minimum Gasteiger partial charge on any atom is -0.399 e. The smallest absolute Gasteiger partial charge is 0.399 e. The van der Waals surface area contributed by atoms with Crippen LogP contribution >= 0.6 is 0 Å². The second-order valence-corrected chi connectivity index (χ2v) is 13.0. The van der Waals surface area contributed by atoms with Gasteiger partial charge in [0.1, 0.15) is 0 Å².